The topological polar surface area (TPSA) is 79.7 Å². The molecule has 0 unspecified atom stereocenters. The monoisotopic (exact) mass is 278 g/mol. The Bertz CT molecular complexity index is 593. The SMILES string of the molecule is COc1cc(-c2cnoc2N)c(OC)cc1OC(C)C. The Morgan fingerprint density at radius 2 is 1.75 bits per heavy atom. The molecule has 6 heteroatoms. The van der Waals surface area contributed by atoms with E-state index < -0.39 is 0 Å². The number of ether oxygens (including phenoxy) is 3. The van der Waals surface area contributed by atoms with E-state index in [0.717, 1.165) is 5.56 Å². The van der Waals surface area contributed by atoms with Gasteiger partial charge in [-0.25, -0.2) is 0 Å². The lowest BCUT2D eigenvalue weighted by Crippen LogP contribution is -2.07. The van der Waals surface area contributed by atoms with Gasteiger partial charge in [0, 0.05) is 11.6 Å². The molecule has 0 amide bonds. The number of nitrogens with two attached hydrogens (primary N) is 1. The van der Waals surface area contributed by atoms with E-state index in [4.69, 9.17) is 24.5 Å². The zero-order valence-corrected chi connectivity index (χ0v) is 12.0. The number of nitrogens with zero attached hydrogens (tertiary/aromatic N) is 1. The van der Waals surface area contributed by atoms with Crippen molar-refractivity contribution in [2.24, 2.45) is 0 Å². The van der Waals surface area contributed by atoms with Gasteiger partial charge in [-0.2, -0.15) is 0 Å². The van der Waals surface area contributed by atoms with Crippen LogP contribution >= 0.6 is 0 Å². The molecule has 1 aromatic heterocycles. The van der Waals surface area contributed by atoms with E-state index in [0.29, 0.717) is 22.8 Å². The fourth-order valence-electron chi connectivity index (χ4n) is 1.88. The molecule has 6 nitrogen and oxygen atoms in total. The van der Waals surface area contributed by atoms with Crippen LogP contribution in [0.15, 0.2) is 22.9 Å². The van der Waals surface area contributed by atoms with Crippen LogP contribution in [0.3, 0.4) is 0 Å². The molecule has 2 aromatic rings. The molecule has 0 aliphatic rings. The highest BCUT2D eigenvalue weighted by Crippen LogP contribution is 2.42. The van der Waals surface area contributed by atoms with Crippen molar-refractivity contribution in [3.05, 3.63) is 18.3 Å². The maximum absolute atomic E-state index is 5.75. The Labute approximate surface area is 117 Å². The van der Waals surface area contributed by atoms with Gasteiger partial charge in [0.25, 0.3) is 0 Å². The summed E-state index contributed by atoms with van der Waals surface area (Å²) in [5.41, 5.74) is 7.13. The van der Waals surface area contributed by atoms with Gasteiger partial charge in [0.1, 0.15) is 5.75 Å². The lowest BCUT2D eigenvalue weighted by molar-refractivity contribution is 0.229. The Morgan fingerprint density at radius 3 is 2.25 bits per heavy atom. The molecule has 0 saturated carbocycles. The van der Waals surface area contributed by atoms with Crippen LogP contribution in [0.25, 0.3) is 11.1 Å². The number of rotatable bonds is 5. The van der Waals surface area contributed by atoms with E-state index in [9.17, 15) is 0 Å². The normalized spacial score (nSPS) is 10.7. The number of aromatic nitrogens is 1. The third kappa shape index (κ3) is 2.64. The predicted molar refractivity (Wildman–Crippen MR) is 75.2 cm³/mol. The summed E-state index contributed by atoms with van der Waals surface area (Å²) in [5.74, 6) is 2.03. The minimum absolute atomic E-state index is 0.0279. The summed E-state index contributed by atoms with van der Waals surface area (Å²) in [4.78, 5) is 0. The van der Waals surface area contributed by atoms with Gasteiger partial charge >= 0.3 is 0 Å². The molecular weight excluding hydrogens is 260 g/mol. The van der Waals surface area contributed by atoms with Crippen molar-refractivity contribution >= 4 is 5.88 Å². The maximum atomic E-state index is 5.75. The van der Waals surface area contributed by atoms with E-state index in [2.05, 4.69) is 5.16 Å². The Balaban J connectivity index is 2.55. The molecule has 0 radical (unpaired) electrons. The fourth-order valence-corrected chi connectivity index (χ4v) is 1.88. The summed E-state index contributed by atoms with van der Waals surface area (Å²) in [5, 5.41) is 3.67. The first kappa shape index (κ1) is 14.0. The fraction of sp³-hybridized carbons (Fsp3) is 0.357. The van der Waals surface area contributed by atoms with Crippen LogP contribution in [0.4, 0.5) is 5.88 Å². The van der Waals surface area contributed by atoms with Gasteiger partial charge < -0.3 is 24.5 Å². The van der Waals surface area contributed by atoms with Crippen molar-refractivity contribution in [1.82, 2.24) is 5.16 Å². The smallest absolute Gasteiger partial charge is 0.230 e. The molecule has 0 aliphatic heterocycles. The van der Waals surface area contributed by atoms with Crippen LogP contribution in [0.5, 0.6) is 17.2 Å². The van der Waals surface area contributed by atoms with E-state index in [-0.39, 0.29) is 12.0 Å². The average Bonchev–Trinajstić information content (AvgIpc) is 2.83. The van der Waals surface area contributed by atoms with Gasteiger partial charge in [0.05, 0.1) is 32.1 Å². The molecule has 0 aliphatic carbocycles. The Kier molecular flexibility index (Phi) is 4.02. The Morgan fingerprint density at radius 1 is 1.05 bits per heavy atom. The van der Waals surface area contributed by atoms with E-state index in [1.165, 1.54) is 6.20 Å². The molecule has 0 saturated heterocycles. The van der Waals surface area contributed by atoms with Crippen molar-refractivity contribution < 1.29 is 18.7 Å². The first-order valence-electron chi connectivity index (χ1n) is 6.20. The number of hydrogen-bond acceptors (Lipinski definition) is 6. The lowest BCUT2D eigenvalue weighted by Gasteiger charge is -2.16. The molecular formula is C14H18N2O4. The zero-order chi connectivity index (χ0) is 14.7. The highest BCUT2D eigenvalue weighted by molar-refractivity contribution is 5.79. The summed E-state index contributed by atoms with van der Waals surface area (Å²) in [7, 11) is 3.16. The highest BCUT2D eigenvalue weighted by Gasteiger charge is 2.18. The molecule has 0 fully saturated rings. The van der Waals surface area contributed by atoms with Crippen LogP contribution in [0.1, 0.15) is 13.8 Å². The van der Waals surface area contributed by atoms with E-state index >= 15 is 0 Å². The molecule has 0 atom stereocenters. The Hall–Kier alpha value is -2.37. The van der Waals surface area contributed by atoms with Crippen molar-refractivity contribution in [2.75, 3.05) is 20.0 Å². The van der Waals surface area contributed by atoms with Crippen molar-refractivity contribution in [1.29, 1.82) is 0 Å². The number of hydrogen-bond donors (Lipinski definition) is 1. The summed E-state index contributed by atoms with van der Waals surface area (Å²) in [6.45, 7) is 3.88. The summed E-state index contributed by atoms with van der Waals surface area (Å²) >= 11 is 0. The largest absolute Gasteiger partial charge is 0.496 e. The number of anilines is 1. The van der Waals surface area contributed by atoms with E-state index in [1.807, 2.05) is 13.8 Å². The quantitative estimate of drug-likeness (QED) is 0.905. The van der Waals surface area contributed by atoms with Gasteiger partial charge in [0.15, 0.2) is 11.5 Å². The number of methoxy groups -OCH3 is 2. The van der Waals surface area contributed by atoms with Crippen LogP contribution in [0.2, 0.25) is 0 Å². The van der Waals surface area contributed by atoms with Crippen LogP contribution in [-0.2, 0) is 0 Å². The number of benzene rings is 1. The maximum Gasteiger partial charge on any atom is 0.230 e. The lowest BCUT2D eigenvalue weighted by atomic mass is 10.1. The second kappa shape index (κ2) is 5.73. The van der Waals surface area contributed by atoms with Crippen LogP contribution in [-0.4, -0.2) is 25.5 Å². The van der Waals surface area contributed by atoms with Crippen molar-refractivity contribution in [3.63, 3.8) is 0 Å². The van der Waals surface area contributed by atoms with Gasteiger partial charge in [0.2, 0.25) is 5.88 Å². The molecule has 2 N–H and O–H groups in total. The first-order valence-corrected chi connectivity index (χ1v) is 6.20. The minimum atomic E-state index is 0.0279. The summed E-state index contributed by atoms with van der Waals surface area (Å²) < 4.78 is 21.3. The average molecular weight is 278 g/mol. The third-order valence-corrected chi connectivity index (χ3v) is 2.74. The summed E-state index contributed by atoms with van der Waals surface area (Å²) in [6, 6.07) is 3.56. The zero-order valence-electron chi connectivity index (χ0n) is 12.0. The van der Waals surface area contributed by atoms with E-state index in [1.54, 1.807) is 26.4 Å². The summed E-state index contributed by atoms with van der Waals surface area (Å²) in [6.07, 6.45) is 1.57. The van der Waals surface area contributed by atoms with Crippen molar-refractivity contribution in [3.8, 4) is 28.4 Å². The first-order chi connectivity index (χ1) is 9.56. The van der Waals surface area contributed by atoms with Gasteiger partial charge in [-0.1, -0.05) is 5.16 Å². The van der Waals surface area contributed by atoms with Crippen molar-refractivity contribution in [2.45, 2.75) is 20.0 Å². The number of nitrogen functional groups attached to an aromatic ring is 1. The molecule has 1 heterocycles. The van der Waals surface area contributed by atoms with Gasteiger partial charge in [-0.15, -0.1) is 0 Å². The second-order valence-electron chi connectivity index (χ2n) is 4.47. The predicted octanol–water partition coefficient (Wildman–Crippen LogP) is 2.73. The van der Waals surface area contributed by atoms with Crippen LogP contribution < -0.4 is 19.9 Å². The highest BCUT2D eigenvalue weighted by atomic mass is 16.5. The van der Waals surface area contributed by atoms with Crippen LogP contribution in [0, 0.1) is 0 Å². The van der Waals surface area contributed by atoms with Gasteiger partial charge in [-0.05, 0) is 19.9 Å². The molecule has 108 valence electrons. The molecule has 20 heavy (non-hydrogen) atoms. The minimum Gasteiger partial charge on any atom is -0.496 e. The molecule has 1 aromatic carbocycles. The standard InChI is InChI=1S/C14H18N2O4/c1-8(2)19-13-6-11(17-3)9(5-12(13)18-4)10-7-16-20-14(10)15/h5-8H,15H2,1-4H3. The second-order valence-corrected chi connectivity index (χ2v) is 4.47. The molecule has 0 bridgehead atoms. The molecule has 0 spiro atoms. The molecule has 2 rings (SSSR count). The third-order valence-electron chi connectivity index (χ3n) is 2.74. The van der Waals surface area contributed by atoms with Gasteiger partial charge in [-0.3, -0.25) is 0 Å².